The van der Waals surface area contributed by atoms with Gasteiger partial charge < -0.3 is 20.1 Å². The van der Waals surface area contributed by atoms with Crippen LogP contribution in [0.5, 0.6) is 0 Å². The molecule has 0 fully saturated rings. The van der Waals surface area contributed by atoms with E-state index in [-0.39, 0.29) is 0 Å². The van der Waals surface area contributed by atoms with Gasteiger partial charge in [0.1, 0.15) is 12.4 Å². The quantitative estimate of drug-likeness (QED) is 0.497. The molecule has 2 rings (SSSR count). The molecule has 0 aliphatic heterocycles. The van der Waals surface area contributed by atoms with Crippen molar-refractivity contribution in [3.05, 3.63) is 30.1 Å². The van der Waals surface area contributed by atoms with Crippen LogP contribution < -0.4 is 10.6 Å². The summed E-state index contributed by atoms with van der Waals surface area (Å²) in [6, 6.07) is 8.59. The Morgan fingerprint density at radius 2 is 1.96 bits per heavy atom. The average molecular weight is 373 g/mol. The number of imidazole rings is 1. The van der Waals surface area contributed by atoms with E-state index in [0.717, 1.165) is 55.4 Å². The van der Waals surface area contributed by atoms with Crippen LogP contribution in [0.4, 0.5) is 0 Å². The summed E-state index contributed by atoms with van der Waals surface area (Å²) in [6.07, 6.45) is 2.33. The molecule has 27 heavy (non-hydrogen) atoms. The Labute approximate surface area is 164 Å². The molecule has 1 heterocycles. The summed E-state index contributed by atoms with van der Waals surface area (Å²) in [4.78, 5) is 11.9. The number of benzene rings is 1. The molecule has 1 atom stereocenters. The largest absolute Gasteiger partial charge is 0.357 e. The molecule has 0 saturated carbocycles. The minimum Gasteiger partial charge on any atom is -0.357 e. The van der Waals surface area contributed by atoms with Gasteiger partial charge in [0.05, 0.1) is 11.0 Å². The molecule has 0 bridgehead atoms. The standard InChI is InChI=1S/C21H36N6/c1-6-22-21(24-17(4)12-11-15-27(7-2)8-3)23-16-20-25-18-13-9-10-14-19(18)26(20)5/h9-10,13-14,17H,6-8,11-12,15-16H2,1-5H3,(H2,22,23,24). The first-order valence-electron chi connectivity index (χ1n) is 10.3. The molecule has 0 aliphatic rings. The van der Waals surface area contributed by atoms with Crippen LogP contribution in [0.3, 0.4) is 0 Å². The van der Waals surface area contributed by atoms with E-state index in [0.29, 0.717) is 12.6 Å². The van der Waals surface area contributed by atoms with Crippen molar-refractivity contribution >= 4 is 17.0 Å². The van der Waals surface area contributed by atoms with E-state index in [1.807, 2.05) is 18.2 Å². The van der Waals surface area contributed by atoms with Gasteiger partial charge in [0, 0.05) is 19.6 Å². The maximum Gasteiger partial charge on any atom is 0.191 e. The maximum atomic E-state index is 4.76. The molecule has 0 amide bonds. The second kappa shape index (κ2) is 10.9. The number of rotatable bonds is 10. The minimum absolute atomic E-state index is 0.388. The number of hydrogen-bond acceptors (Lipinski definition) is 3. The number of aryl methyl sites for hydroxylation is 1. The van der Waals surface area contributed by atoms with Crippen LogP contribution in [0, 0.1) is 0 Å². The minimum atomic E-state index is 0.388. The van der Waals surface area contributed by atoms with E-state index in [9.17, 15) is 0 Å². The van der Waals surface area contributed by atoms with E-state index in [4.69, 9.17) is 9.98 Å². The molecule has 0 radical (unpaired) electrons. The molecule has 2 N–H and O–H groups in total. The SMILES string of the molecule is CCNC(=NCc1nc2ccccc2n1C)NC(C)CCCN(CC)CC. The number of aliphatic imine (C=N–C) groups is 1. The first-order chi connectivity index (χ1) is 13.1. The number of nitrogens with one attached hydrogen (secondary N) is 2. The van der Waals surface area contributed by atoms with Crippen molar-refractivity contribution in [1.82, 2.24) is 25.1 Å². The van der Waals surface area contributed by atoms with Crippen molar-refractivity contribution < 1.29 is 0 Å². The van der Waals surface area contributed by atoms with Gasteiger partial charge in [0.15, 0.2) is 5.96 Å². The van der Waals surface area contributed by atoms with Crippen LogP contribution in [0.25, 0.3) is 11.0 Å². The van der Waals surface area contributed by atoms with Crippen molar-refractivity contribution in [3.8, 4) is 0 Å². The third kappa shape index (κ3) is 6.24. The lowest BCUT2D eigenvalue weighted by Crippen LogP contribution is -2.42. The van der Waals surface area contributed by atoms with Crippen LogP contribution in [-0.2, 0) is 13.6 Å². The van der Waals surface area contributed by atoms with Gasteiger partial charge in [-0.2, -0.15) is 0 Å². The first-order valence-corrected chi connectivity index (χ1v) is 10.3. The zero-order valence-electron chi connectivity index (χ0n) is 17.6. The molecule has 1 aromatic heterocycles. The molecule has 2 aromatic rings. The topological polar surface area (TPSA) is 57.5 Å². The fraction of sp³-hybridized carbons (Fsp3) is 0.619. The van der Waals surface area contributed by atoms with Gasteiger partial charge in [-0.15, -0.1) is 0 Å². The molecular weight excluding hydrogens is 336 g/mol. The Balaban J connectivity index is 1.93. The van der Waals surface area contributed by atoms with Gasteiger partial charge in [-0.1, -0.05) is 26.0 Å². The molecular formula is C21H36N6. The normalized spacial score (nSPS) is 13.3. The highest BCUT2D eigenvalue weighted by Crippen LogP contribution is 2.14. The summed E-state index contributed by atoms with van der Waals surface area (Å²) in [7, 11) is 2.05. The number of nitrogens with zero attached hydrogens (tertiary/aromatic N) is 4. The highest BCUT2D eigenvalue weighted by Gasteiger charge is 2.09. The fourth-order valence-electron chi connectivity index (χ4n) is 3.27. The van der Waals surface area contributed by atoms with E-state index in [1.54, 1.807) is 0 Å². The van der Waals surface area contributed by atoms with Crippen molar-refractivity contribution in [2.24, 2.45) is 12.0 Å². The van der Waals surface area contributed by atoms with Crippen molar-refractivity contribution in [2.75, 3.05) is 26.2 Å². The van der Waals surface area contributed by atoms with E-state index < -0.39 is 0 Å². The second-order valence-electron chi connectivity index (χ2n) is 6.99. The number of fused-ring (bicyclic) bond motifs is 1. The van der Waals surface area contributed by atoms with Gasteiger partial charge in [0.2, 0.25) is 0 Å². The molecule has 150 valence electrons. The van der Waals surface area contributed by atoms with Crippen LogP contribution in [-0.4, -0.2) is 52.6 Å². The maximum absolute atomic E-state index is 4.76. The predicted molar refractivity (Wildman–Crippen MR) is 115 cm³/mol. The molecule has 1 unspecified atom stereocenters. The summed E-state index contributed by atoms with van der Waals surface area (Å²) in [5, 5.41) is 6.88. The third-order valence-electron chi connectivity index (χ3n) is 4.99. The Bertz CT molecular complexity index is 717. The Kier molecular flexibility index (Phi) is 8.58. The number of hydrogen-bond donors (Lipinski definition) is 2. The monoisotopic (exact) mass is 372 g/mol. The van der Waals surface area contributed by atoms with Crippen LogP contribution in [0.1, 0.15) is 46.4 Å². The average Bonchev–Trinajstić information content (AvgIpc) is 2.99. The highest BCUT2D eigenvalue weighted by atomic mass is 15.2. The smallest absolute Gasteiger partial charge is 0.191 e. The highest BCUT2D eigenvalue weighted by molar-refractivity contribution is 5.80. The number of aromatic nitrogens is 2. The van der Waals surface area contributed by atoms with Crippen molar-refractivity contribution in [1.29, 1.82) is 0 Å². The van der Waals surface area contributed by atoms with Crippen LogP contribution >= 0.6 is 0 Å². The molecule has 6 nitrogen and oxygen atoms in total. The summed E-state index contributed by atoms with van der Waals surface area (Å²) in [6.45, 7) is 13.6. The molecule has 6 heteroatoms. The second-order valence-corrected chi connectivity index (χ2v) is 6.99. The van der Waals surface area contributed by atoms with E-state index >= 15 is 0 Å². The van der Waals surface area contributed by atoms with E-state index in [1.165, 1.54) is 6.42 Å². The summed E-state index contributed by atoms with van der Waals surface area (Å²) in [5.74, 6) is 1.84. The predicted octanol–water partition coefficient (Wildman–Crippen LogP) is 3.14. The summed E-state index contributed by atoms with van der Waals surface area (Å²) < 4.78 is 2.12. The molecule has 0 spiro atoms. The lowest BCUT2D eigenvalue weighted by molar-refractivity contribution is 0.292. The zero-order chi connectivity index (χ0) is 19.6. The summed E-state index contributed by atoms with van der Waals surface area (Å²) >= 11 is 0. The Morgan fingerprint density at radius 1 is 1.22 bits per heavy atom. The summed E-state index contributed by atoms with van der Waals surface area (Å²) in [5.41, 5.74) is 2.17. The number of para-hydroxylation sites is 2. The van der Waals surface area contributed by atoms with E-state index in [2.05, 4.69) is 60.9 Å². The van der Waals surface area contributed by atoms with Crippen molar-refractivity contribution in [3.63, 3.8) is 0 Å². The zero-order valence-corrected chi connectivity index (χ0v) is 17.6. The van der Waals surface area contributed by atoms with Gasteiger partial charge in [-0.3, -0.25) is 0 Å². The van der Waals surface area contributed by atoms with Crippen molar-refractivity contribution in [2.45, 2.75) is 53.1 Å². The fourth-order valence-corrected chi connectivity index (χ4v) is 3.27. The Morgan fingerprint density at radius 3 is 2.63 bits per heavy atom. The third-order valence-corrected chi connectivity index (χ3v) is 4.99. The van der Waals surface area contributed by atoms with Gasteiger partial charge >= 0.3 is 0 Å². The lowest BCUT2D eigenvalue weighted by atomic mass is 10.2. The molecule has 0 aliphatic carbocycles. The van der Waals surface area contributed by atoms with Gasteiger partial charge in [0.25, 0.3) is 0 Å². The van der Waals surface area contributed by atoms with Gasteiger partial charge in [-0.05, 0) is 58.5 Å². The Hall–Kier alpha value is -2.08. The molecule has 0 saturated heterocycles. The van der Waals surface area contributed by atoms with Gasteiger partial charge in [-0.25, -0.2) is 9.98 Å². The van der Waals surface area contributed by atoms with Crippen LogP contribution in [0.15, 0.2) is 29.3 Å². The van der Waals surface area contributed by atoms with Crippen LogP contribution in [0.2, 0.25) is 0 Å². The number of guanidine groups is 1. The first kappa shape index (κ1) is 21.2. The lowest BCUT2D eigenvalue weighted by Gasteiger charge is -2.21. The molecule has 1 aromatic carbocycles.